The Hall–Kier alpha value is -0.120. The van der Waals surface area contributed by atoms with Crippen LogP contribution >= 0.6 is 0 Å². The van der Waals surface area contributed by atoms with Gasteiger partial charge in [0.1, 0.15) is 0 Å². The summed E-state index contributed by atoms with van der Waals surface area (Å²) < 4.78 is 0. The zero-order valence-electron chi connectivity index (χ0n) is 8.24. The van der Waals surface area contributed by atoms with E-state index in [1.807, 2.05) is 6.92 Å². The monoisotopic (exact) mass is 188 g/mol. The Labute approximate surface area is 79.4 Å². The first-order valence-electron chi connectivity index (χ1n) is 5.19. The van der Waals surface area contributed by atoms with Crippen molar-refractivity contribution in [3.63, 3.8) is 0 Å². The molecule has 0 amide bonds. The Kier molecular flexibility index (Phi) is 3.71. The Balaban J connectivity index is 2.43. The van der Waals surface area contributed by atoms with Gasteiger partial charge in [0.2, 0.25) is 0 Å². The summed E-state index contributed by atoms with van der Waals surface area (Å²) >= 11 is 0. The summed E-state index contributed by atoms with van der Waals surface area (Å²) in [5.41, 5.74) is 0. The lowest BCUT2D eigenvalue weighted by Crippen LogP contribution is -2.39. The predicted molar refractivity (Wildman–Crippen MR) is 50.0 cm³/mol. The minimum Gasteiger partial charge on any atom is -0.393 e. The molecule has 0 aromatic rings. The van der Waals surface area contributed by atoms with E-state index in [1.54, 1.807) is 0 Å². The van der Waals surface area contributed by atoms with Crippen LogP contribution in [0.4, 0.5) is 0 Å². The van der Waals surface area contributed by atoms with Crippen molar-refractivity contribution in [2.24, 2.45) is 5.92 Å². The van der Waals surface area contributed by atoms with E-state index in [4.69, 9.17) is 0 Å². The van der Waals surface area contributed by atoms with Gasteiger partial charge in [-0.15, -0.1) is 0 Å². The topological polar surface area (TPSA) is 60.7 Å². The number of rotatable bonds is 4. The Morgan fingerprint density at radius 2 is 1.85 bits per heavy atom. The van der Waals surface area contributed by atoms with Crippen LogP contribution in [0.2, 0.25) is 0 Å². The Morgan fingerprint density at radius 1 is 1.31 bits per heavy atom. The van der Waals surface area contributed by atoms with Crippen LogP contribution in [0.25, 0.3) is 0 Å². The lowest BCUT2D eigenvalue weighted by Gasteiger charge is -2.30. The summed E-state index contributed by atoms with van der Waals surface area (Å²) in [6, 6.07) is 0. The van der Waals surface area contributed by atoms with Crippen molar-refractivity contribution in [1.82, 2.24) is 0 Å². The number of hydrogen-bond acceptors (Lipinski definition) is 3. The minimum atomic E-state index is -1.65. The second kappa shape index (κ2) is 4.40. The van der Waals surface area contributed by atoms with Crippen LogP contribution in [-0.4, -0.2) is 27.2 Å². The maximum absolute atomic E-state index is 9.71. The zero-order chi connectivity index (χ0) is 9.90. The van der Waals surface area contributed by atoms with E-state index in [2.05, 4.69) is 0 Å². The normalized spacial score (nSPS) is 22.2. The second-order valence-electron chi connectivity index (χ2n) is 4.13. The molecule has 0 heterocycles. The van der Waals surface area contributed by atoms with Crippen molar-refractivity contribution in [2.75, 3.05) is 0 Å². The molecule has 0 aromatic heterocycles. The highest BCUT2D eigenvalue weighted by molar-refractivity contribution is 4.82. The van der Waals surface area contributed by atoms with E-state index < -0.39 is 11.9 Å². The summed E-state index contributed by atoms with van der Waals surface area (Å²) in [6.07, 6.45) is 4.00. The fourth-order valence-electron chi connectivity index (χ4n) is 2.05. The molecule has 1 atom stereocenters. The summed E-state index contributed by atoms with van der Waals surface area (Å²) in [5, 5.41) is 28.8. The highest BCUT2D eigenvalue weighted by atomic mass is 16.5. The quantitative estimate of drug-likeness (QED) is 0.577. The standard InChI is InChI=1S/C10H20O3/c1-2-9(11)7-10(12,13)8-5-3-4-6-8/h8-9,11-13H,2-7H2,1H3. The molecule has 3 heteroatoms. The van der Waals surface area contributed by atoms with Gasteiger partial charge in [-0.05, 0) is 19.3 Å². The maximum Gasteiger partial charge on any atom is 0.167 e. The third kappa shape index (κ3) is 2.93. The van der Waals surface area contributed by atoms with Crippen LogP contribution in [0.15, 0.2) is 0 Å². The molecule has 3 nitrogen and oxygen atoms in total. The van der Waals surface area contributed by atoms with Gasteiger partial charge < -0.3 is 15.3 Å². The average molecular weight is 188 g/mol. The molecule has 0 aromatic carbocycles. The molecule has 3 N–H and O–H groups in total. The van der Waals surface area contributed by atoms with E-state index in [9.17, 15) is 15.3 Å². The van der Waals surface area contributed by atoms with Crippen LogP contribution in [0.5, 0.6) is 0 Å². The van der Waals surface area contributed by atoms with E-state index in [0.29, 0.717) is 6.42 Å². The van der Waals surface area contributed by atoms with Crippen molar-refractivity contribution < 1.29 is 15.3 Å². The van der Waals surface area contributed by atoms with Gasteiger partial charge in [0, 0.05) is 12.3 Å². The second-order valence-corrected chi connectivity index (χ2v) is 4.13. The molecule has 0 aliphatic heterocycles. The van der Waals surface area contributed by atoms with Gasteiger partial charge in [0.25, 0.3) is 0 Å². The third-order valence-electron chi connectivity index (χ3n) is 3.02. The molecule has 78 valence electrons. The van der Waals surface area contributed by atoms with E-state index >= 15 is 0 Å². The molecule has 1 unspecified atom stereocenters. The summed E-state index contributed by atoms with van der Waals surface area (Å²) in [4.78, 5) is 0. The van der Waals surface area contributed by atoms with Crippen LogP contribution in [0, 0.1) is 5.92 Å². The summed E-state index contributed by atoms with van der Waals surface area (Å²) in [5.74, 6) is -1.68. The molecule has 13 heavy (non-hydrogen) atoms. The number of hydrogen-bond donors (Lipinski definition) is 3. The molecule has 1 saturated carbocycles. The molecule has 1 aliphatic rings. The number of aliphatic hydroxyl groups is 3. The fourth-order valence-corrected chi connectivity index (χ4v) is 2.05. The van der Waals surface area contributed by atoms with Gasteiger partial charge in [-0.1, -0.05) is 19.8 Å². The molecule has 0 saturated heterocycles. The Morgan fingerprint density at radius 3 is 2.31 bits per heavy atom. The maximum atomic E-state index is 9.71. The Bertz CT molecular complexity index is 150. The van der Waals surface area contributed by atoms with Crippen LogP contribution in [0.3, 0.4) is 0 Å². The van der Waals surface area contributed by atoms with Crippen molar-refractivity contribution in [3.05, 3.63) is 0 Å². The summed E-state index contributed by atoms with van der Waals surface area (Å²) in [7, 11) is 0. The molecule has 0 radical (unpaired) electrons. The smallest absolute Gasteiger partial charge is 0.167 e. The van der Waals surface area contributed by atoms with E-state index in [0.717, 1.165) is 25.7 Å². The van der Waals surface area contributed by atoms with Gasteiger partial charge in [-0.2, -0.15) is 0 Å². The van der Waals surface area contributed by atoms with Crippen molar-refractivity contribution >= 4 is 0 Å². The molecule has 1 rings (SSSR count). The molecule has 0 bridgehead atoms. The molecular weight excluding hydrogens is 168 g/mol. The van der Waals surface area contributed by atoms with E-state index in [1.165, 1.54) is 0 Å². The van der Waals surface area contributed by atoms with Crippen molar-refractivity contribution in [1.29, 1.82) is 0 Å². The zero-order valence-corrected chi connectivity index (χ0v) is 8.24. The van der Waals surface area contributed by atoms with Gasteiger partial charge in [0.05, 0.1) is 6.10 Å². The first-order valence-corrected chi connectivity index (χ1v) is 5.19. The largest absolute Gasteiger partial charge is 0.393 e. The molecule has 0 spiro atoms. The average Bonchev–Trinajstić information content (AvgIpc) is 2.55. The van der Waals surface area contributed by atoms with Crippen LogP contribution in [0.1, 0.15) is 45.4 Å². The van der Waals surface area contributed by atoms with Crippen LogP contribution in [-0.2, 0) is 0 Å². The summed E-state index contributed by atoms with van der Waals surface area (Å²) in [6.45, 7) is 1.84. The molecule has 1 fully saturated rings. The first kappa shape index (κ1) is 11.0. The SMILES string of the molecule is CCC(O)CC(O)(O)C1CCCC1. The van der Waals surface area contributed by atoms with Gasteiger partial charge in [0.15, 0.2) is 5.79 Å². The van der Waals surface area contributed by atoms with Crippen molar-refractivity contribution in [2.45, 2.75) is 57.3 Å². The molecule has 1 aliphatic carbocycles. The van der Waals surface area contributed by atoms with E-state index in [-0.39, 0.29) is 12.3 Å². The molecular formula is C10H20O3. The van der Waals surface area contributed by atoms with Crippen LogP contribution < -0.4 is 0 Å². The van der Waals surface area contributed by atoms with Crippen molar-refractivity contribution in [3.8, 4) is 0 Å². The van der Waals surface area contributed by atoms with Gasteiger partial charge >= 0.3 is 0 Å². The van der Waals surface area contributed by atoms with Gasteiger partial charge in [-0.25, -0.2) is 0 Å². The predicted octanol–water partition coefficient (Wildman–Crippen LogP) is 1.02. The highest BCUT2D eigenvalue weighted by Gasteiger charge is 2.37. The van der Waals surface area contributed by atoms with Gasteiger partial charge in [-0.3, -0.25) is 0 Å². The number of aliphatic hydroxyl groups excluding tert-OH is 1. The third-order valence-corrected chi connectivity index (χ3v) is 3.02. The lowest BCUT2D eigenvalue weighted by atomic mass is 9.91. The lowest BCUT2D eigenvalue weighted by molar-refractivity contribution is -0.215. The minimum absolute atomic E-state index is 0.0336. The fraction of sp³-hybridized carbons (Fsp3) is 1.00. The first-order chi connectivity index (χ1) is 6.06. The highest BCUT2D eigenvalue weighted by Crippen LogP contribution is 2.35.